The van der Waals surface area contributed by atoms with E-state index in [-0.39, 0.29) is 0 Å². The lowest BCUT2D eigenvalue weighted by Crippen LogP contribution is -2.08. The Morgan fingerprint density at radius 3 is 2.95 bits per heavy atom. The smallest absolute Gasteiger partial charge is 0.130 e. The summed E-state index contributed by atoms with van der Waals surface area (Å²) in [6.45, 7) is 3.19. The fraction of sp³-hybridized carbons (Fsp3) is 0.250. The highest BCUT2D eigenvalue weighted by molar-refractivity contribution is 7.17. The molecular weight excluding hydrogens is 316 g/mol. The van der Waals surface area contributed by atoms with Gasteiger partial charge < -0.3 is 11.1 Å². The van der Waals surface area contributed by atoms with Crippen LogP contribution in [0.1, 0.15) is 17.1 Å². The van der Waals surface area contributed by atoms with E-state index < -0.39 is 0 Å². The van der Waals surface area contributed by atoms with Crippen LogP contribution >= 0.6 is 22.9 Å². The largest absolute Gasteiger partial charge is 0.366 e. The highest BCUT2D eigenvalue weighted by Crippen LogP contribution is 2.29. The number of thiophene rings is 1. The van der Waals surface area contributed by atoms with Gasteiger partial charge in [0.1, 0.15) is 11.6 Å². The second-order valence-electron chi connectivity index (χ2n) is 5.09. The molecule has 0 bridgehead atoms. The van der Waals surface area contributed by atoms with E-state index in [0.717, 1.165) is 28.8 Å². The Kier molecular flexibility index (Phi) is 4.57. The first-order chi connectivity index (χ1) is 10.7. The Balaban J connectivity index is 1.80. The molecule has 0 saturated heterocycles. The fourth-order valence-electron chi connectivity index (χ4n) is 2.37. The van der Waals surface area contributed by atoms with Gasteiger partial charge in [-0.3, -0.25) is 0 Å². The van der Waals surface area contributed by atoms with Gasteiger partial charge in [-0.25, -0.2) is 9.97 Å². The molecule has 0 radical (unpaired) electrons. The van der Waals surface area contributed by atoms with Crippen LogP contribution in [0.25, 0.3) is 10.1 Å². The molecule has 22 heavy (non-hydrogen) atoms. The van der Waals surface area contributed by atoms with Crippen molar-refractivity contribution in [2.75, 3.05) is 11.9 Å². The van der Waals surface area contributed by atoms with Crippen LogP contribution in [0.15, 0.2) is 29.6 Å². The molecule has 0 aliphatic carbocycles. The minimum atomic E-state index is 0.587. The number of hydrogen-bond donors (Lipinski definition) is 2. The van der Waals surface area contributed by atoms with Gasteiger partial charge in [-0.2, -0.15) is 0 Å². The van der Waals surface area contributed by atoms with Crippen molar-refractivity contribution in [2.45, 2.75) is 19.9 Å². The highest BCUT2D eigenvalue weighted by Gasteiger charge is 2.06. The highest BCUT2D eigenvalue weighted by atomic mass is 35.5. The second kappa shape index (κ2) is 6.60. The molecule has 114 valence electrons. The van der Waals surface area contributed by atoms with Crippen LogP contribution in [-0.4, -0.2) is 16.5 Å². The fourth-order valence-corrected chi connectivity index (χ4v) is 3.49. The van der Waals surface area contributed by atoms with Gasteiger partial charge in [0.25, 0.3) is 0 Å². The first kappa shape index (κ1) is 15.2. The Morgan fingerprint density at radius 2 is 2.14 bits per heavy atom. The summed E-state index contributed by atoms with van der Waals surface area (Å²) >= 11 is 7.82. The first-order valence-corrected chi connectivity index (χ1v) is 8.35. The molecule has 0 atom stereocenters. The maximum Gasteiger partial charge on any atom is 0.130 e. The molecule has 2 aromatic heterocycles. The standard InChI is InChI=1S/C16H17ClN4S/c1-10-20-13(4-5-18)7-16(21-10)19-8-11-9-22-15-3-2-12(17)6-14(11)15/h2-3,6-7,9H,4-5,8,18H2,1H3,(H,19,20,21). The third kappa shape index (κ3) is 3.38. The SMILES string of the molecule is Cc1nc(CCN)cc(NCc2csc3ccc(Cl)cc23)n1. The molecule has 2 heterocycles. The first-order valence-electron chi connectivity index (χ1n) is 7.10. The summed E-state index contributed by atoms with van der Waals surface area (Å²) in [6, 6.07) is 7.95. The molecule has 1 aromatic carbocycles. The van der Waals surface area contributed by atoms with Crippen molar-refractivity contribution >= 4 is 38.8 Å². The van der Waals surface area contributed by atoms with Crippen LogP contribution in [0.4, 0.5) is 5.82 Å². The zero-order chi connectivity index (χ0) is 15.5. The number of rotatable bonds is 5. The number of aromatic nitrogens is 2. The van der Waals surface area contributed by atoms with E-state index in [0.29, 0.717) is 13.1 Å². The Labute approximate surface area is 138 Å². The van der Waals surface area contributed by atoms with Gasteiger partial charge in [0.2, 0.25) is 0 Å². The van der Waals surface area contributed by atoms with E-state index in [1.807, 2.05) is 25.1 Å². The van der Waals surface area contributed by atoms with Crippen LogP contribution in [0.2, 0.25) is 5.02 Å². The van der Waals surface area contributed by atoms with E-state index in [9.17, 15) is 0 Å². The average molecular weight is 333 g/mol. The second-order valence-corrected chi connectivity index (χ2v) is 6.43. The van der Waals surface area contributed by atoms with E-state index in [1.54, 1.807) is 11.3 Å². The van der Waals surface area contributed by atoms with Crippen molar-refractivity contribution in [2.24, 2.45) is 5.73 Å². The topological polar surface area (TPSA) is 63.8 Å². The minimum absolute atomic E-state index is 0.587. The molecule has 4 nitrogen and oxygen atoms in total. The van der Waals surface area contributed by atoms with Crippen molar-refractivity contribution in [1.29, 1.82) is 0 Å². The Hall–Kier alpha value is -1.69. The molecular formula is C16H17ClN4S. The Morgan fingerprint density at radius 1 is 1.27 bits per heavy atom. The quantitative estimate of drug-likeness (QED) is 0.746. The van der Waals surface area contributed by atoms with Gasteiger partial charge in [-0.05, 0) is 48.0 Å². The van der Waals surface area contributed by atoms with Crippen molar-refractivity contribution < 1.29 is 0 Å². The lowest BCUT2D eigenvalue weighted by molar-refractivity contribution is 0.886. The summed E-state index contributed by atoms with van der Waals surface area (Å²) in [5, 5.41) is 7.48. The van der Waals surface area contributed by atoms with Crippen LogP contribution in [0, 0.1) is 6.92 Å². The van der Waals surface area contributed by atoms with Gasteiger partial charge in [0, 0.05) is 34.4 Å². The van der Waals surface area contributed by atoms with Crippen LogP contribution in [0.5, 0.6) is 0 Å². The molecule has 0 amide bonds. The zero-order valence-corrected chi connectivity index (χ0v) is 13.8. The normalized spacial score (nSPS) is 11.0. The van der Waals surface area contributed by atoms with Crippen molar-refractivity contribution in [3.63, 3.8) is 0 Å². The number of aryl methyl sites for hydroxylation is 1. The van der Waals surface area contributed by atoms with Crippen LogP contribution in [0.3, 0.4) is 0 Å². The third-order valence-electron chi connectivity index (χ3n) is 3.37. The molecule has 0 aliphatic rings. The van der Waals surface area contributed by atoms with Gasteiger partial charge in [0.15, 0.2) is 0 Å². The molecule has 0 aliphatic heterocycles. The summed E-state index contributed by atoms with van der Waals surface area (Å²) in [5.41, 5.74) is 7.79. The van der Waals surface area contributed by atoms with Crippen molar-refractivity contribution in [3.05, 3.63) is 51.7 Å². The van der Waals surface area contributed by atoms with E-state index in [4.69, 9.17) is 17.3 Å². The monoisotopic (exact) mass is 332 g/mol. The number of nitrogens with one attached hydrogen (secondary N) is 1. The third-order valence-corrected chi connectivity index (χ3v) is 4.61. The molecule has 0 fully saturated rings. The molecule has 6 heteroatoms. The summed E-state index contributed by atoms with van der Waals surface area (Å²) in [5.74, 6) is 1.59. The van der Waals surface area contributed by atoms with E-state index >= 15 is 0 Å². The lowest BCUT2D eigenvalue weighted by atomic mass is 10.2. The number of anilines is 1. The van der Waals surface area contributed by atoms with Crippen LogP contribution in [-0.2, 0) is 13.0 Å². The molecule has 0 unspecified atom stereocenters. The maximum absolute atomic E-state index is 6.09. The number of benzene rings is 1. The van der Waals surface area contributed by atoms with Gasteiger partial charge in [-0.15, -0.1) is 11.3 Å². The van der Waals surface area contributed by atoms with E-state index in [2.05, 4.69) is 26.7 Å². The Bertz CT molecular complexity index is 800. The lowest BCUT2D eigenvalue weighted by Gasteiger charge is -2.08. The summed E-state index contributed by atoms with van der Waals surface area (Å²) in [7, 11) is 0. The molecule has 0 spiro atoms. The van der Waals surface area contributed by atoms with Gasteiger partial charge in [-0.1, -0.05) is 11.6 Å². The number of halogens is 1. The predicted octanol–water partition coefficient (Wildman–Crippen LogP) is 3.77. The minimum Gasteiger partial charge on any atom is -0.366 e. The zero-order valence-electron chi connectivity index (χ0n) is 12.3. The van der Waals surface area contributed by atoms with E-state index in [1.165, 1.54) is 15.6 Å². The summed E-state index contributed by atoms with van der Waals surface area (Å²) < 4.78 is 1.24. The molecule has 3 rings (SSSR count). The van der Waals surface area contributed by atoms with Crippen molar-refractivity contribution in [3.8, 4) is 0 Å². The molecule has 3 N–H and O–H groups in total. The average Bonchev–Trinajstić information content (AvgIpc) is 2.87. The van der Waals surface area contributed by atoms with Crippen LogP contribution < -0.4 is 11.1 Å². The number of nitrogens with two attached hydrogens (primary N) is 1. The number of hydrogen-bond acceptors (Lipinski definition) is 5. The van der Waals surface area contributed by atoms with Gasteiger partial charge in [0.05, 0.1) is 0 Å². The summed E-state index contributed by atoms with van der Waals surface area (Å²) in [6.07, 6.45) is 0.759. The molecule has 3 aromatic rings. The van der Waals surface area contributed by atoms with Crippen molar-refractivity contribution in [1.82, 2.24) is 9.97 Å². The number of nitrogens with zero attached hydrogens (tertiary/aromatic N) is 2. The predicted molar refractivity (Wildman–Crippen MR) is 93.7 cm³/mol. The number of fused-ring (bicyclic) bond motifs is 1. The molecule has 0 saturated carbocycles. The summed E-state index contributed by atoms with van der Waals surface area (Å²) in [4.78, 5) is 8.81. The van der Waals surface area contributed by atoms with Gasteiger partial charge >= 0.3 is 0 Å². The maximum atomic E-state index is 6.09.